The molecule has 0 radical (unpaired) electrons. The molecule has 1 amide bonds. The van der Waals surface area contributed by atoms with Gasteiger partial charge in [-0.1, -0.05) is 36.4 Å². The summed E-state index contributed by atoms with van der Waals surface area (Å²) < 4.78 is 19.5. The molecule has 4 rings (SSSR count). The Hall–Kier alpha value is -3.03. The van der Waals surface area contributed by atoms with E-state index in [2.05, 4.69) is 26.2 Å². The van der Waals surface area contributed by atoms with Crippen molar-refractivity contribution in [2.45, 2.75) is 0 Å². The summed E-state index contributed by atoms with van der Waals surface area (Å²) >= 11 is 4.80. The molecular formula is C23H16BrFN2O2S. The van der Waals surface area contributed by atoms with Crippen LogP contribution in [0.3, 0.4) is 0 Å². The van der Waals surface area contributed by atoms with Crippen molar-refractivity contribution in [1.82, 2.24) is 4.98 Å². The third kappa shape index (κ3) is 4.93. The second kappa shape index (κ2) is 9.19. The fourth-order valence-electron chi connectivity index (χ4n) is 2.81. The summed E-state index contributed by atoms with van der Waals surface area (Å²) in [6.07, 6.45) is 0. The van der Waals surface area contributed by atoms with Crippen LogP contribution in [0.25, 0.3) is 22.4 Å². The molecule has 0 saturated carbocycles. The Balaban J connectivity index is 1.35. The van der Waals surface area contributed by atoms with Crippen molar-refractivity contribution in [3.63, 3.8) is 0 Å². The highest BCUT2D eigenvalue weighted by molar-refractivity contribution is 9.10. The van der Waals surface area contributed by atoms with Crippen LogP contribution >= 0.6 is 27.3 Å². The molecule has 0 bridgehead atoms. The molecule has 1 aromatic heterocycles. The number of aromatic nitrogens is 1. The average molecular weight is 483 g/mol. The standard InChI is InChI=1S/C23H16BrFN2O2S/c24-19-12-17(15-4-2-1-3-5-15)8-11-21(19)29-13-22(28)27-23-26-20(14-30-23)16-6-9-18(25)10-7-16/h1-12,14H,13H2,(H,26,27,28). The molecule has 150 valence electrons. The maximum Gasteiger partial charge on any atom is 0.264 e. The lowest BCUT2D eigenvalue weighted by Gasteiger charge is -2.10. The van der Waals surface area contributed by atoms with Crippen LogP contribution in [0.2, 0.25) is 0 Å². The molecule has 0 atom stereocenters. The van der Waals surface area contributed by atoms with Crippen molar-refractivity contribution in [2.24, 2.45) is 0 Å². The third-order valence-corrected chi connectivity index (χ3v) is 5.67. The van der Waals surface area contributed by atoms with Gasteiger partial charge in [-0.3, -0.25) is 10.1 Å². The molecule has 4 nitrogen and oxygen atoms in total. The summed E-state index contributed by atoms with van der Waals surface area (Å²) in [5.74, 6) is -0.0346. The van der Waals surface area contributed by atoms with Gasteiger partial charge in [-0.2, -0.15) is 0 Å². The van der Waals surface area contributed by atoms with Gasteiger partial charge in [0.25, 0.3) is 5.91 Å². The van der Waals surface area contributed by atoms with E-state index in [4.69, 9.17) is 4.74 Å². The molecule has 1 N–H and O–H groups in total. The first-order chi connectivity index (χ1) is 14.6. The maximum absolute atomic E-state index is 13.0. The molecular weight excluding hydrogens is 467 g/mol. The Labute approximate surface area is 185 Å². The molecule has 0 saturated heterocycles. The molecule has 0 spiro atoms. The van der Waals surface area contributed by atoms with Gasteiger partial charge in [-0.05, 0) is 63.5 Å². The van der Waals surface area contributed by atoms with Crippen LogP contribution in [0, 0.1) is 5.82 Å². The van der Waals surface area contributed by atoms with Crippen molar-refractivity contribution in [3.05, 3.63) is 88.5 Å². The highest BCUT2D eigenvalue weighted by atomic mass is 79.9. The molecule has 0 unspecified atom stereocenters. The highest BCUT2D eigenvalue weighted by Gasteiger charge is 2.11. The van der Waals surface area contributed by atoms with Crippen LogP contribution < -0.4 is 10.1 Å². The largest absolute Gasteiger partial charge is 0.483 e. The van der Waals surface area contributed by atoms with Crippen molar-refractivity contribution in [2.75, 3.05) is 11.9 Å². The van der Waals surface area contributed by atoms with E-state index in [1.807, 2.05) is 53.9 Å². The number of ether oxygens (including phenoxy) is 1. The monoisotopic (exact) mass is 482 g/mol. The van der Waals surface area contributed by atoms with Crippen molar-refractivity contribution >= 4 is 38.3 Å². The first kappa shape index (κ1) is 20.3. The number of carbonyl (C=O) groups is 1. The van der Waals surface area contributed by atoms with Gasteiger partial charge in [0.05, 0.1) is 10.2 Å². The van der Waals surface area contributed by atoms with Gasteiger partial charge in [0.2, 0.25) is 0 Å². The quantitative estimate of drug-likeness (QED) is 0.346. The van der Waals surface area contributed by atoms with Crippen LogP contribution in [-0.4, -0.2) is 17.5 Å². The Bertz CT molecular complexity index is 1160. The Morgan fingerprint density at radius 3 is 2.47 bits per heavy atom. The second-order valence-corrected chi connectivity index (χ2v) is 8.11. The van der Waals surface area contributed by atoms with Gasteiger partial charge in [-0.25, -0.2) is 9.37 Å². The minimum absolute atomic E-state index is 0.144. The maximum atomic E-state index is 13.0. The van der Waals surface area contributed by atoms with E-state index in [0.717, 1.165) is 21.2 Å². The summed E-state index contributed by atoms with van der Waals surface area (Å²) in [4.78, 5) is 16.6. The van der Waals surface area contributed by atoms with E-state index in [0.29, 0.717) is 16.6 Å². The van der Waals surface area contributed by atoms with Gasteiger partial charge in [0.15, 0.2) is 11.7 Å². The van der Waals surface area contributed by atoms with Crippen LogP contribution in [0.4, 0.5) is 9.52 Å². The van der Waals surface area contributed by atoms with Crippen LogP contribution in [0.1, 0.15) is 0 Å². The first-order valence-corrected chi connectivity index (χ1v) is 10.7. The Morgan fingerprint density at radius 2 is 1.73 bits per heavy atom. The smallest absolute Gasteiger partial charge is 0.264 e. The minimum atomic E-state index is -0.311. The molecule has 4 aromatic rings. The fraction of sp³-hybridized carbons (Fsp3) is 0.0435. The molecule has 0 aliphatic carbocycles. The van der Waals surface area contributed by atoms with Crippen LogP contribution in [-0.2, 0) is 4.79 Å². The number of nitrogens with one attached hydrogen (secondary N) is 1. The zero-order valence-corrected chi connectivity index (χ0v) is 18.0. The van der Waals surface area contributed by atoms with Gasteiger partial charge >= 0.3 is 0 Å². The number of rotatable bonds is 6. The van der Waals surface area contributed by atoms with Gasteiger partial charge < -0.3 is 4.74 Å². The van der Waals surface area contributed by atoms with Crippen molar-refractivity contribution in [3.8, 4) is 28.1 Å². The number of amides is 1. The predicted octanol–water partition coefficient (Wildman–Crippen LogP) is 6.40. The minimum Gasteiger partial charge on any atom is -0.483 e. The van der Waals surface area contributed by atoms with E-state index in [1.54, 1.807) is 12.1 Å². The summed E-state index contributed by atoms with van der Waals surface area (Å²) in [6, 6.07) is 21.8. The van der Waals surface area contributed by atoms with E-state index in [9.17, 15) is 9.18 Å². The SMILES string of the molecule is O=C(COc1ccc(-c2ccccc2)cc1Br)Nc1nc(-c2ccc(F)cc2)cs1. The summed E-state index contributed by atoms with van der Waals surface area (Å²) in [5.41, 5.74) is 3.61. The second-order valence-electron chi connectivity index (χ2n) is 6.39. The lowest BCUT2D eigenvalue weighted by molar-refractivity contribution is -0.118. The summed E-state index contributed by atoms with van der Waals surface area (Å²) in [6.45, 7) is -0.144. The van der Waals surface area contributed by atoms with E-state index < -0.39 is 0 Å². The first-order valence-electron chi connectivity index (χ1n) is 9.07. The predicted molar refractivity (Wildman–Crippen MR) is 121 cm³/mol. The molecule has 1 heterocycles. The lowest BCUT2D eigenvalue weighted by Crippen LogP contribution is -2.20. The molecule has 30 heavy (non-hydrogen) atoms. The molecule has 3 aromatic carbocycles. The third-order valence-electron chi connectivity index (χ3n) is 4.29. The van der Waals surface area contributed by atoms with Crippen molar-refractivity contribution in [1.29, 1.82) is 0 Å². The van der Waals surface area contributed by atoms with Gasteiger partial charge in [0.1, 0.15) is 11.6 Å². The summed E-state index contributed by atoms with van der Waals surface area (Å²) in [5, 5.41) is 4.99. The zero-order valence-electron chi connectivity index (χ0n) is 15.6. The zero-order chi connectivity index (χ0) is 20.9. The molecule has 0 fully saturated rings. The Kier molecular flexibility index (Phi) is 6.21. The summed E-state index contributed by atoms with van der Waals surface area (Å²) in [7, 11) is 0. The van der Waals surface area contributed by atoms with Crippen LogP contribution in [0.15, 0.2) is 82.6 Å². The molecule has 7 heteroatoms. The lowest BCUT2D eigenvalue weighted by atomic mass is 10.1. The number of halogens is 2. The average Bonchev–Trinajstić information content (AvgIpc) is 3.22. The van der Waals surface area contributed by atoms with E-state index in [1.165, 1.54) is 23.5 Å². The number of hydrogen-bond acceptors (Lipinski definition) is 4. The number of anilines is 1. The fourth-order valence-corrected chi connectivity index (χ4v) is 4.04. The van der Waals surface area contributed by atoms with Gasteiger partial charge in [0, 0.05) is 10.9 Å². The van der Waals surface area contributed by atoms with Gasteiger partial charge in [-0.15, -0.1) is 11.3 Å². The van der Waals surface area contributed by atoms with Crippen molar-refractivity contribution < 1.29 is 13.9 Å². The number of benzene rings is 3. The highest BCUT2D eigenvalue weighted by Crippen LogP contribution is 2.31. The number of hydrogen-bond donors (Lipinski definition) is 1. The Morgan fingerprint density at radius 1 is 1.00 bits per heavy atom. The van der Waals surface area contributed by atoms with Crippen LogP contribution in [0.5, 0.6) is 5.75 Å². The number of thiazole rings is 1. The van der Waals surface area contributed by atoms with E-state index >= 15 is 0 Å². The molecule has 0 aliphatic heterocycles. The van der Waals surface area contributed by atoms with E-state index in [-0.39, 0.29) is 18.3 Å². The number of carbonyl (C=O) groups excluding carboxylic acids is 1. The topological polar surface area (TPSA) is 51.2 Å². The molecule has 0 aliphatic rings. The normalized spacial score (nSPS) is 10.6. The number of nitrogens with zero attached hydrogens (tertiary/aromatic N) is 1.